The van der Waals surface area contributed by atoms with Crippen LogP contribution in [0.5, 0.6) is 5.75 Å². The molecule has 7 heteroatoms. The Hall–Kier alpha value is -2.67. The van der Waals surface area contributed by atoms with Gasteiger partial charge in [0.05, 0.1) is 18.4 Å². The topological polar surface area (TPSA) is 69.9 Å². The summed E-state index contributed by atoms with van der Waals surface area (Å²) in [5.41, 5.74) is 1.46. The number of hydrogen-bond acceptors (Lipinski definition) is 6. The number of carbonyl (C=O) groups is 1. The molecule has 122 valence electrons. The highest BCUT2D eigenvalue weighted by Gasteiger charge is 2.16. The zero-order valence-corrected chi connectivity index (χ0v) is 14.2. The molecule has 0 atom stereocenters. The second-order valence-electron chi connectivity index (χ2n) is 5.02. The minimum atomic E-state index is -0.0108. The zero-order chi connectivity index (χ0) is 16.9. The molecule has 0 amide bonds. The fourth-order valence-corrected chi connectivity index (χ4v) is 3.06. The van der Waals surface area contributed by atoms with E-state index < -0.39 is 0 Å². The highest BCUT2D eigenvalue weighted by Crippen LogP contribution is 2.24. The van der Waals surface area contributed by atoms with Gasteiger partial charge < -0.3 is 9.30 Å². The van der Waals surface area contributed by atoms with Gasteiger partial charge in [-0.15, -0.1) is 10.2 Å². The maximum absolute atomic E-state index is 12.4. The first kappa shape index (κ1) is 16.2. The number of rotatable bonds is 6. The average Bonchev–Trinajstić information content (AvgIpc) is 3.01. The number of methoxy groups -OCH3 is 1. The fraction of sp³-hybridized carbons (Fsp3) is 0.176. The zero-order valence-electron chi connectivity index (χ0n) is 13.3. The van der Waals surface area contributed by atoms with Crippen molar-refractivity contribution in [2.75, 3.05) is 12.9 Å². The van der Waals surface area contributed by atoms with Crippen LogP contribution in [0.3, 0.4) is 0 Å². The van der Waals surface area contributed by atoms with Crippen LogP contribution >= 0.6 is 11.8 Å². The minimum absolute atomic E-state index is 0.0108. The minimum Gasteiger partial charge on any atom is -0.496 e. The number of thioether (sulfide) groups is 1. The van der Waals surface area contributed by atoms with Crippen LogP contribution < -0.4 is 4.74 Å². The molecule has 0 bridgehead atoms. The first-order valence-corrected chi connectivity index (χ1v) is 8.28. The first-order chi connectivity index (χ1) is 11.7. The first-order valence-electron chi connectivity index (χ1n) is 7.29. The SMILES string of the molecule is COc1ccccc1C(=O)CSc1nnc(-c2cccnc2)n1C. The van der Waals surface area contributed by atoms with Crippen LogP contribution in [0.1, 0.15) is 10.4 Å². The lowest BCUT2D eigenvalue weighted by Crippen LogP contribution is -2.06. The van der Waals surface area contributed by atoms with E-state index in [2.05, 4.69) is 15.2 Å². The summed E-state index contributed by atoms with van der Waals surface area (Å²) >= 11 is 1.35. The number of ketones is 1. The van der Waals surface area contributed by atoms with Gasteiger partial charge in [-0.05, 0) is 24.3 Å². The maximum Gasteiger partial charge on any atom is 0.191 e. The summed E-state index contributed by atoms with van der Waals surface area (Å²) in [6, 6.07) is 11.0. The Bertz CT molecular complexity index is 849. The molecule has 1 aromatic carbocycles. The van der Waals surface area contributed by atoms with E-state index in [0.29, 0.717) is 16.5 Å². The molecule has 0 saturated carbocycles. The number of hydrogen-bond donors (Lipinski definition) is 0. The van der Waals surface area contributed by atoms with Crippen LogP contribution in [0, 0.1) is 0 Å². The Morgan fingerprint density at radius 1 is 1.21 bits per heavy atom. The number of Topliss-reactive ketones (excluding diaryl/α,β-unsaturated/α-hetero) is 1. The molecule has 0 radical (unpaired) electrons. The standard InChI is InChI=1S/C17H16N4O2S/c1-21-16(12-6-5-9-18-10-12)19-20-17(21)24-11-14(22)13-7-3-4-8-15(13)23-2/h3-10H,11H2,1-2H3. The molecular weight excluding hydrogens is 324 g/mol. The number of para-hydroxylation sites is 1. The Morgan fingerprint density at radius 3 is 2.79 bits per heavy atom. The quantitative estimate of drug-likeness (QED) is 0.508. The lowest BCUT2D eigenvalue weighted by Gasteiger charge is -2.07. The van der Waals surface area contributed by atoms with Crippen molar-refractivity contribution in [1.29, 1.82) is 0 Å². The lowest BCUT2D eigenvalue weighted by atomic mass is 10.1. The number of pyridine rings is 1. The van der Waals surface area contributed by atoms with Gasteiger partial charge in [-0.1, -0.05) is 23.9 Å². The molecule has 0 N–H and O–H groups in total. The third-order valence-corrected chi connectivity index (χ3v) is 4.51. The summed E-state index contributed by atoms with van der Waals surface area (Å²) in [5.74, 6) is 1.55. The molecule has 0 aliphatic heterocycles. The Labute approximate surface area is 143 Å². The molecule has 0 saturated heterocycles. The van der Waals surface area contributed by atoms with E-state index in [0.717, 1.165) is 11.4 Å². The van der Waals surface area contributed by atoms with E-state index in [1.807, 2.05) is 35.9 Å². The van der Waals surface area contributed by atoms with E-state index in [4.69, 9.17) is 4.74 Å². The molecule has 2 aromatic heterocycles. The summed E-state index contributed by atoms with van der Waals surface area (Å²) in [6.07, 6.45) is 3.44. The number of carbonyl (C=O) groups excluding carboxylic acids is 1. The van der Waals surface area contributed by atoms with Crippen molar-refractivity contribution in [1.82, 2.24) is 19.7 Å². The van der Waals surface area contributed by atoms with Crippen molar-refractivity contribution in [3.05, 3.63) is 54.4 Å². The van der Waals surface area contributed by atoms with Gasteiger partial charge in [-0.3, -0.25) is 9.78 Å². The van der Waals surface area contributed by atoms with Gasteiger partial charge in [-0.2, -0.15) is 0 Å². The average molecular weight is 340 g/mol. The van der Waals surface area contributed by atoms with Gasteiger partial charge in [0.1, 0.15) is 5.75 Å². The van der Waals surface area contributed by atoms with Gasteiger partial charge in [0, 0.05) is 25.0 Å². The molecule has 6 nitrogen and oxygen atoms in total. The summed E-state index contributed by atoms with van der Waals surface area (Å²) in [7, 11) is 3.43. The normalized spacial score (nSPS) is 10.6. The number of nitrogens with zero attached hydrogens (tertiary/aromatic N) is 4. The van der Waals surface area contributed by atoms with Crippen LogP contribution in [-0.2, 0) is 7.05 Å². The number of ether oxygens (including phenoxy) is 1. The van der Waals surface area contributed by atoms with Crippen molar-refractivity contribution in [2.24, 2.45) is 7.05 Å². The van der Waals surface area contributed by atoms with Crippen LogP contribution in [0.15, 0.2) is 53.9 Å². The number of benzene rings is 1. The van der Waals surface area contributed by atoms with Gasteiger partial charge >= 0.3 is 0 Å². The third-order valence-electron chi connectivity index (χ3n) is 3.49. The van der Waals surface area contributed by atoms with Gasteiger partial charge in [-0.25, -0.2) is 0 Å². The summed E-state index contributed by atoms with van der Waals surface area (Å²) in [5, 5.41) is 9.03. The highest BCUT2D eigenvalue weighted by atomic mass is 32.2. The van der Waals surface area contributed by atoms with Crippen molar-refractivity contribution in [2.45, 2.75) is 5.16 Å². The van der Waals surface area contributed by atoms with E-state index >= 15 is 0 Å². The van der Waals surface area contributed by atoms with Gasteiger partial charge in [0.2, 0.25) is 0 Å². The summed E-state index contributed by atoms with van der Waals surface area (Å²) < 4.78 is 7.09. The van der Waals surface area contributed by atoms with Crippen LogP contribution in [0.25, 0.3) is 11.4 Å². The molecule has 2 heterocycles. The highest BCUT2D eigenvalue weighted by molar-refractivity contribution is 7.99. The van der Waals surface area contributed by atoms with Crippen LogP contribution in [0.2, 0.25) is 0 Å². The summed E-state index contributed by atoms with van der Waals surface area (Å²) in [6.45, 7) is 0. The molecule has 0 fully saturated rings. The van der Waals surface area contributed by atoms with Crippen molar-refractivity contribution < 1.29 is 9.53 Å². The van der Waals surface area contributed by atoms with Crippen LogP contribution in [-0.4, -0.2) is 38.4 Å². The maximum atomic E-state index is 12.4. The van der Waals surface area contributed by atoms with Gasteiger partial charge in [0.15, 0.2) is 16.8 Å². The lowest BCUT2D eigenvalue weighted by molar-refractivity contribution is 0.101. The predicted octanol–water partition coefficient (Wildman–Crippen LogP) is 2.86. The Kier molecular flexibility index (Phi) is 4.90. The van der Waals surface area contributed by atoms with E-state index in [1.54, 1.807) is 31.6 Å². The summed E-state index contributed by atoms with van der Waals surface area (Å²) in [4.78, 5) is 16.5. The van der Waals surface area contributed by atoms with Crippen molar-refractivity contribution in [3.8, 4) is 17.1 Å². The second kappa shape index (κ2) is 7.27. The van der Waals surface area contributed by atoms with E-state index in [9.17, 15) is 4.79 Å². The predicted molar refractivity (Wildman–Crippen MR) is 92.3 cm³/mol. The van der Waals surface area contributed by atoms with E-state index in [-0.39, 0.29) is 11.5 Å². The fourth-order valence-electron chi connectivity index (χ4n) is 2.27. The van der Waals surface area contributed by atoms with Crippen LogP contribution in [0.4, 0.5) is 0 Å². The number of aromatic nitrogens is 4. The molecule has 0 aliphatic rings. The van der Waals surface area contributed by atoms with Crippen molar-refractivity contribution >= 4 is 17.5 Å². The molecule has 0 spiro atoms. The molecule has 0 unspecified atom stereocenters. The van der Waals surface area contributed by atoms with E-state index in [1.165, 1.54) is 11.8 Å². The molecular formula is C17H16N4O2S. The molecule has 3 rings (SSSR count). The smallest absolute Gasteiger partial charge is 0.191 e. The Morgan fingerprint density at radius 2 is 2.04 bits per heavy atom. The third kappa shape index (κ3) is 3.30. The molecule has 0 aliphatic carbocycles. The second-order valence-corrected chi connectivity index (χ2v) is 5.96. The monoisotopic (exact) mass is 340 g/mol. The molecule has 3 aromatic rings. The molecule has 24 heavy (non-hydrogen) atoms. The van der Waals surface area contributed by atoms with Gasteiger partial charge in [0.25, 0.3) is 0 Å². The Balaban J connectivity index is 1.74. The largest absolute Gasteiger partial charge is 0.496 e. The van der Waals surface area contributed by atoms with Crippen molar-refractivity contribution in [3.63, 3.8) is 0 Å².